The Morgan fingerprint density at radius 2 is 1.96 bits per heavy atom. The number of alkyl halides is 3. The van der Waals surface area contributed by atoms with Crippen LogP contribution in [-0.2, 0) is 11.0 Å². The van der Waals surface area contributed by atoms with E-state index in [0.717, 1.165) is 24.4 Å². The third-order valence-electron chi connectivity index (χ3n) is 2.78. The van der Waals surface area contributed by atoms with Gasteiger partial charge < -0.3 is 10.6 Å². The van der Waals surface area contributed by atoms with E-state index in [-0.39, 0.29) is 17.2 Å². The molecule has 10 heteroatoms. The van der Waals surface area contributed by atoms with Crippen LogP contribution in [0.3, 0.4) is 0 Å². The lowest BCUT2D eigenvalue weighted by atomic mass is 10.2. The van der Waals surface area contributed by atoms with Gasteiger partial charge in [-0.25, -0.2) is 9.97 Å². The van der Waals surface area contributed by atoms with Crippen molar-refractivity contribution in [3.63, 3.8) is 0 Å². The Hall–Kier alpha value is -2.93. The number of benzene rings is 1. The van der Waals surface area contributed by atoms with Crippen molar-refractivity contribution in [2.45, 2.75) is 6.18 Å². The highest BCUT2D eigenvalue weighted by Gasteiger charge is 2.30. The molecule has 2 aromatic rings. The molecule has 2 N–H and O–H groups in total. The lowest BCUT2D eigenvalue weighted by Crippen LogP contribution is -2.15. The van der Waals surface area contributed by atoms with E-state index in [2.05, 4.69) is 36.5 Å². The minimum absolute atomic E-state index is 0.0825. The normalized spacial score (nSPS) is 11.6. The van der Waals surface area contributed by atoms with Gasteiger partial charge >= 0.3 is 6.18 Å². The second-order valence-electron chi connectivity index (χ2n) is 4.57. The number of hydrogen-bond acceptors (Lipinski definition) is 5. The molecule has 0 atom stereocenters. The molecule has 0 aliphatic carbocycles. The Labute approximate surface area is 148 Å². The molecule has 0 saturated heterocycles. The molecule has 1 amide bonds. The summed E-state index contributed by atoms with van der Waals surface area (Å²) in [5.41, 5.74) is -1.35. The Kier molecular flexibility index (Phi) is 5.71. The molecule has 0 aliphatic rings. The summed E-state index contributed by atoms with van der Waals surface area (Å²) < 4.78 is 38.6. The summed E-state index contributed by atoms with van der Waals surface area (Å²) in [6.45, 7) is 0. The third-order valence-corrected chi connectivity index (χ3v) is 3.19. The predicted molar refractivity (Wildman–Crippen MR) is 87.1 cm³/mol. The van der Waals surface area contributed by atoms with Gasteiger partial charge in [-0.3, -0.25) is 4.79 Å². The molecule has 25 heavy (non-hydrogen) atoms. The Balaban J connectivity index is 2.11. The summed E-state index contributed by atoms with van der Waals surface area (Å²) in [6.07, 6.45) is -0.558. The van der Waals surface area contributed by atoms with Gasteiger partial charge in [0.15, 0.2) is 0 Å². The molecule has 0 unspecified atom stereocenters. The van der Waals surface area contributed by atoms with Crippen molar-refractivity contribution in [1.82, 2.24) is 9.97 Å². The van der Waals surface area contributed by atoms with Crippen molar-refractivity contribution < 1.29 is 18.0 Å². The highest BCUT2D eigenvalue weighted by Crippen LogP contribution is 2.30. The van der Waals surface area contributed by atoms with Crippen molar-refractivity contribution in [2.24, 2.45) is 0 Å². The van der Waals surface area contributed by atoms with Crippen LogP contribution in [0.4, 0.5) is 24.8 Å². The highest BCUT2D eigenvalue weighted by atomic mass is 79.9. The van der Waals surface area contributed by atoms with Crippen LogP contribution in [0, 0.1) is 11.3 Å². The summed E-state index contributed by atoms with van der Waals surface area (Å²) >= 11 is 3.15. The van der Waals surface area contributed by atoms with Gasteiger partial charge in [0.25, 0.3) is 5.91 Å². The van der Waals surface area contributed by atoms with Crippen molar-refractivity contribution in [3.8, 4) is 6.07 Å². The van der Waals surface area contributed by atoms with Gasteiger partial charge in [-0.1, -0.05) is 6.07 Å². The van der Waals surface area contributed by atoms with Gasteiger partial charge in [0.2, 0.25) is 5.95 Å². The fourth-order valence-electron chi connectivity index (χ4n) is 1.64. The number of amides is 1. The number of nitriles is 1. The van der Waals surface area contributed by atoms with Crippen LogP contribution in [0.25, 0.3) is 0 Å². The molecule has 1 aromatic carbocycles. The molecule has 0 saturated carbocycles. The summed E-state index contributed by atoms with van der Waals surface area (Å²) in [5.74, 6) is -0.728. The summed E-state index contributed by atoms with van der Waals surface area (Å²) in [5, 5.41) is 13.8. The fraction of sp³-hybridized carbons (Fsp3) is 0.0667. The van der Waals surface area contributed by atoms with E-state index < -0.39 is 17.6 Å². The zero-order chi connectivity index (χ0) is 18.4. The molecule has 0 radical (unpaired) electrons. The third kappa shape index (κ3) is 5.29. The van der Waals surface area contributed by atoms with E-state index in [1.165, 1.54) is 18.5 Å². The van der Waals surface area contributed by atoms with Crippen molar-refractivity contribution in [1.29, 1.82) is 5.26 Å². The maximum atomic E-state index is 12.7. The lowest BCUT2D eigenvalue weighted by molar-refractivity contribution is -0.137. The Bertz CT molecular complexity index is 843. The predicted octanol–water partition coefficient (Wildman–Crippen LogP) is 3.72. The monoisotopic (exact) mass is 411 g/mol. The molecule has 0 aliphatic heterocycles. The minimum atomic E-state index is -4.53. The first-order valence-electron chi connectivity index (χ1n) is 6.62. The smallest absolute Gasteiger partial charge is 0.329 e. The maximum absolute atomic E-state index is 12.7. The van der Waals surface area contributed by atoms with E-state index in [1.807, 2.05) is 0 Å². The Morgan fingerprint density at radius 1 is 1.28 bits per heavy atom. The van der Waals surface area contributed by atoms with Gasteiger partial charge in [-0.15, -0.1) is 0 Å². The van der Waals surface area contributed by atoms with Crippen LogP contribution in [0.2, 0.25) is 0 Å². The Morgan fingerprint density at radius 3 is 2.56 bits per heavy atom. The SMILES string of the molecule is N#C/C(=C/Nc1ncc(Br)cn1)C(=O)Nc1cccc(C(F)(F)F)c1. The van der Waals surface area contributed by atoms with Crippen LogP contribution in [0.5, 0.6) is 0 Å². The summed E-state index contributed by atoms with van der Waals surface area (Å²) in [6, 6.07) is 5.74. The van der Waals surface area contributed by atoms with Crippen LogP contribution >= 0.6 is 15.9 Å². The second kappa shape index (κ2) is 7.76. The molecule has 0 bridgehead atoms. The van der Waals surface area contributed by atoms with Gasteiger partial charge in [-0.05, 0) is 34.1 Å². The molecule has 6 nitrogen and oxygen atoms in total. The van der Waals surface area contributed by atoms with E-state index >= 15 is 0 Å². The largest absolute Gasteiger partial charge is 0.416 e. The molecular formula is C15H9BrF3N5O. The number of hydrogen-bond donors (Lipinski definition) is 2. The lowest BCUT2D eigenvalue weighted by Gasteiger charge is -2.09. The number of aromatic nitrogens is 2. The molecular weight excluding hydrogens is 403 g/mol. The molecule has 1 aromatic heterocycles. The number of carbonyl (C=O) groups is 1. The molecule has 0 fully saturated rings. The van der Waals surface area contributed by atoms with Crippen LogP contribution in [-0.4, -0.2) is 15.9 Å². The number of carbonyl (C=O) groups excluding carboxylic acids is 1. The van der Waals surface area contributed by atoms with Crippen molar-refractivity contribution in [3.05, 3.63) is 58.5 Å². The van der Waals surface area contributed by atoms with Gasteiger partial charge in [-0.2, -0.15) is 18.4 Å². The topological polar surface area (TPSA) is 90.7 Å². The highest BCUT2D eigenvalue weighted by molar-refractivity contribution is 9.10. The van der Waals surface area contributed by atoms with Gasteiger partial charge in [0, 0.05) is 24.3 Å². The van der Waals surface area contributed by atoms with Crippen LogP contribution in [0.1, 0.15) is 5.56 Å². The van der Waals surface area contributed by atoms with E-state index in [4.69, 9.17) is 5.26 Å². The van der Waals surface area contributed by atoms with Gasteiger partial charge in [0.1, 0.15) is 11.6 Å². The quantitative estimate of drug-likeness (QED) is 0.590. The molecule has 0 spiro atoms. The molecule has 2 rings (SSSR count). The number of rotatable bonds is 4. The van der Waals surface area contributed by atoms with Crippen LogP contribution in [0.15, 0.2) is 52.9 Å². The first-order valence-corrected chi connectivity index (χ1v) is 7.42. The first-order chi connectivity index (χ1) is 11.8. The van der Waals surface area contributed by atoms with Crippen molar-refractivity contribution in [2.75, 3.05) is 10.6 Å². The summed E-state index contributed by atoms with van der Waals surface area (Å²) in [4.78, 5) is 19.8. The standard InChI is InChI=1S/C15H9BrF3N5O/c16-11-7-22-14(23-8-11)21-6-9(5-20)13(25)24-12-3-1-2-10(4-12)15(17,18)19/h1-4,6-8H,(H,24,25)(H,21,22,23)/b9-6-. The number of anilines is 2. The maximum Gasteiger partial charge on any atom is 0.416 e. The zero-order valence-corrected chi connectivity index (χ0v) is 13.9. The van der Waals surface area contributed by atoms with E-state index in [1.54, 1.807) is 6.07 Å². The first kappa shape index (κ1) is 18.4. The zero-order valence-electron chi connectivity index (χ0n) is 12.3. The average Bonchev–Trinajstić information content (AvgIpc) is 2.56. The number of nitrogens with zero attached hydrogens (tertiary/aromatic N) is 3. The van der Waals surface area contributed by atoms with Gasteiger partial charge in [0.05, 0.1) is 10.0 Å². The average molecular weight is 412 g/mol. The van der Waals surface area contributed by atoms with Crippen molar-refractivity contribution >= 4 is 33.5 Å². The minimum Gasteiger partial charge on any atom is -0.329 e. The second-order valence-corrected chi connectivity index (χ2v) is 5.49. The fourth-order valence-corrected chi connectivity index (χ4v) is 1.85. The summed E-state index contributed by atoms with van der Waals surface area (Å²) in [7, 11) is 0. The van der Waals surface area contributed by atoms with Crippen LogP contribution < -0.4 is 10.6 Å². The molecule has 1 heterocycles. The number of halogens is 4. The number of nitrogens with one attached hydrogen (secondary N) is 2. The van der Waals surface area contributed by atoms with E-state index in [0.29, 0.717) is 4.47 Å². The van der Waals surface area contributed by atoms with E-state index in [9.17, 15) is 18.0 Å². The molecule has 128 valence electrons.